The third-order valence-corrected chi connectivity index (χ3v) is 4.12. The first-order valence-electron chi connectivity index (χ1n) is 7.34. The van der Waals surface area contributed by atoms with Crippen LogP contribution in [0.4, 0.5) is 4.39 Å². The van der Waals surface area contributed by atoms with E-state index < -0.39 is 5.82 Å². The molecule has 6 heteroatoms. The maximum absolute atomic E-state index is 14.2. The van der Waals surface area contributed by atoms with E-state index >= 15 is 0 Å². The van der Waals surface area contributed by atoms with Crippen molar-refractivity contribution in [1.29, 1.82) is 0 Å². The molecule has 1 N–H and O–H groups in total. The number of phenolic OH excluding ortho intramolecular Hbond substituents is 1. The Balaban J connectivity index is 2.36. The summed E-state index contributed by atoms with van der Waals surface area (Å²) in [4.78, 5) is 13.3. The summed E-state index contributed by atoms with van der Waals surface area (Å²) in [5.41, 5.74) is 1.99. The lowest BCUT2D eigenvalue weighted by Gasteiger charge is -2.18. The molecule has 0 aliphatic rings. The van der Waals surface area contributed by atoms with E-state index in [0.717, 1.165) is 5.56 Å². The second-order valence-electron chi connectivity index (χ2n) is 5.62. The summed E-state index contributed by atoms with van der Waals surface area (Å²) in [5, 5.41) is 10.6. The van der Waals surface area contributed by atoms with Gasteiger partial charge in [-0.2, -0.15) is 0 Å². The first kappa shape index (κ1) is 18.2. The molecule has 2 rings (SSSR count). The number of carbonyl (C=O) groups excluding carboxylic acids is 1. The Bertz CT molecular complexity index is 764. The van der Waals surface area contributed by atoms with E-state index in [-0.39, 0.29) is 23.8 Å². The largest absolute Gasteiger partial charge is 0.507 e. The van der Waals surface area contributed by atoms with Crippen LogP contribution in [0.5, 0.6) is 5.75 Å². The number of aromatic hydroxyl groups is 1. The van der Waals surface area contributed by atoms with E-state index in [1.54, 1.807) is 26.1 Å². The zero-order chi connectivity index (χ0) is 17.9. The molecule has 4 nitrogen and oxygen atoms in total. The molecular weight excluding hydrogens is 333 g/mol. The number of carbonyl (C=O) groups is 1. The van der Waals surface area contributed by atoms with Gasteiger partial charge < -0.3 is 14.7 Å². The lowest BCUT2D eigenvalue weighted by molar-refractivity contribution is -0.134. The van der Waals surface area contributed by atoms with Crippen LogP contribution < -0.4 is 0 Å². The van der Waals surface area contributed by atoms with Crippen molar-refractivity contribution in [2.24, 2.45) is 0 Å². The number of benzene rings is 2. The number of likely N-dealkylation sites (N-methyl/N-ethyl adjacent to an activating group) is 1. The number of methoxy groups -OCH3 is 1. The predicted molar refractivity (Wildman–Crippen MR) is 91.6 cm³/mol. The molecule has 1 amide bonds. The number of aryl methyl sites for hydroxylation is 1. The van der Waals surface area contributed by atoms with E-state index in [9.17, 15) is 14.3 Å². The van der Waals surface area contributed by atoms with Gasteiger partial charge in [-0.05, 0) is 42.3 Å². The van der Waals surface area contributed by atoms with Crippen LogP contribution in [-0.4, -0.2) is 36.7 Å². The normalized spacial score (nSPS) is 10.7. The summed E-state index contributed by atoms with van der Waals surface area (Å²) in [7, 11) is 3.09. The van der Waals surface area contributed by atoms with Crippen molar-refractivity contribution in [3.05, 3.63) is 52.3 Å². The van der Waals surface area contributed by atoms with Crippen molar-refractivity contribution in [2.75, 3.05) is 20.8 Å². The highest BCUT2D eigenvalue weighted by atomic mass is 35.5. The van der Waals surface area contributed by atoms with Gasteiger partial charge in [-0.3, -0.25) is 4.79 Å². The number of rotatable bonds is 5. The van der Waals surface area contributed by atoms with Gasteiger partial charge in [-0.25, -0.2) is 4.39 Å². The van der Waals surface area contributed by atoms with Gasteiger partial charge in [0, 0.05) is 36.9 Å². The van der Waals surface area contributed by atoms with Crippen LogP contribution >= 0.6 is 11.6 Å². The summed E-state index contributed by atoms with van der Waals surface area (Å²) in [6.45, 7) is 2.05. The number of halogens is 2. The number of amides is 1. The van der Waals surface area contributed by atoms with Gasteiger partial charge in [0.2, 0.25) is 5.91 Å². The molecule has 24 heavy (non-hydrogen) atoms. The molecule has 0 bridgehead atoms. The maximum atomic E-state index is 14.2. The molecule has 0 saturated heterocycles. The smallest absolute Gasteiger partial charge is 0.248 e. The number of ether oxygens (including phenoxy) is 1. The van der Waals surface area contributed by atoms with Crippen molar-refractivity contribution >= 4 is 17.5 Å². The van der Waals surface area contributed by atoms with Gasteiger partial charge >= 0.3 is 0 Å². The minimum absolute atomic E-state index is 0.0150. The molecule has 0 radical (unpaired) electrons. The molecule has 0 spiro atoms. The molecule has 0 fully saturated rings. The minimum atomic E-state index is -0.472. The average Bonchev–Trinajstić information content (AvgIpc) is 2.53. The summed E-state index contributed by atoms with van der Waals surface area (Å²) in [6.07, 6.45) is 0. The molecule has 2 aromatic rings. The fraction of sp³-hybridized carbons (Fsp3) is 0.278. The van der Waals surface area contributed by atoms with Crippen molar-refractivity contribution < 1.29 is 19.0 Å². The molecule has 0 atom stereocenters. The number of nitrogens with zero attached hydrogens (tertiary/aromatic N) is 1. The molecule has 0 saturated carbocycles. The highest BCUT2D eigenvalue weighted by molar-refractivity contribution is 6.31. The third kappa shape index (κ3) is 4.04. The van der Waals surface area contributed by atoms with Crippen LogP contribution in [0, 0.1) is 12.7 Å². The Morgan fingerprint density at radius 1 is 1.29 bits per heavy atom. The lowest BCUT2D eigenvalue weighted by atomic mass is 10.00. The number of hydrogen-bond acceptors (Lipinski definition) is 3. The minimum Gasteiger partial charge on any atom is -0.507 e. The molecule has 0 aliphatic heterocycles. The molecular formula is C18H19ClFNO3. The van der Waals surface area contributed by atoms with Crippen molar-refractivity contribution in [2.45, 2.75) is 13.5 Å². The number of hydrogen-bond donors (Lipinski definition) is 1. The van der Waals surface area contributed by atoms with Crippen LogP contribution in [0.25, 0.3) is 11.1 Å². The zero-order valence-electron chi connectivity index (χ0n) is 13.8. The average molecular weight is 352 g/mol. The lowest BCUT2D eigenvalue weighted by Crippen LogP contribution is -2.29. The fourth-order valence-corrected chi connectivity index (χ4v) is 2.52. The van der Waals surface area contributed by atoms with E-state index in [0.29, 0.717) is 22.7 Å². The molecule has 0 unspecified atom stereocenters. The molecule has 2 aromatic carbocycles. The van der Waals surface area contributed by atoms with Crippen molar-refractivity contribution in [3.63, 3.8) is 0 Å². The number of phenols is 1. The van der Waals surface area contributed by atoms with Crippen LogP contribution in [0.15, 0.2) is 30.3 Å². The van der Waals surface area contributed by atoms with E-state index in [4.69, 9.17) is 16.3 Å². The predicted octanol–water partition coefficient (Wildman–Crippen LogP) is 3.76. The van der Waals surface area contributed by atoms with E-state index in [1.807, 2.05) is 0 Å². The van der Waals surface area contributed by atoms with Gasteiger partial charge in [0.05, 0.1) is 0 Å². The van der Waals surface area contributed by atoms with Crippen LogP contribution in [-0.2, 0) is 16.1 Å². The third-order valence-electron chi connectivity index (χ3n) is 3.71. The second kappa shape index (κ2) is 7.64. The Labute approximate surface area is 145 Å². The highest BCUT2D eigenvalue weighted by Crippen LogP contribution is 2.35. The Hall–Kier alpha value is -2.11. The van der Waals surface area contributed by atoms with E-state index in [1.165, 1.54) is 30.2 Å². The first-order chi connectivity index (χ1) is 11.3. The molecule has 0 aromatic heterocycles. The van der Waals surface area contributed by atoms with Crippen molar-refractivity contribution in [1.82, 2.24) is 4.90 Å². The quantitative estimate of drug-likeness (QED) is 0.892. The summed E-state index contributed by atoms with van der Waals surface area (Å²) in [5.74, 6) is -0.693. The maximum Gasteiger partial charge on any atom is 0.248 e. The van der Waals surface area contributed by atoms with Gasteiger partial charge in [0.1, 0.15) is 18.2 Å². The first-order valence-corrected chi connectivity index (χ1v) is 7.72. The Morgan fingerprint density at radius 3 is 2.67 bits per heavy atom. The molecule has 0 aliphatic carbocycles. The topological polar surface area (TPSA) is 49.8 Å². The van der Waals surface area contributed by atoms with Crippen LogP contribution in [0.2, 0.25) is 5.02 Å². The monoisotopic (exact) mass is 351 g/mol. The van der Waals surface area contributed by atoms with Gasteiger partial charge in [0.15, 0.2) is 0 Å². The van der Waals surface area contributed by atoms with Crippen LogP contribution in [0.1, 0.15) is 11.1 Å². The van der Waals surface area contributed by atoms with Crippen LogP contribution in [0.3, 0.4) is 0 Å². The SMILES string of the molecule is COCC(=O)N(C)Cc1ccc(F)c(-c2cc(Cl)c(C)cc2O)c1. The standard InChI is InChI=1S/C18H19ClFNO3/c1-11-6-17(22)14(8-15(11)19)13-7-12(4-5-16(13)20)9-21(2)18(23)10-24-3/h4-8,22H,9-10H2,1-3H3. The molecule has 0 heterocycles. The fourth-order valence-electron chi connectivity index (χ4n) is 2.35. The zero-order valence-corrected chi connectivity index (χ0v) is 14.5. The Morgan fingerprint density at radius 2 is 2.00 bits per heavy atom. The second-order valence-corrected chi connectivity index (χ2v) is 6.02. The molecule has 128 valence electrons. The summed E-state index contributed by atoms with van der Waals surface area (Å²) >= 11 is 6.09. The van der Waals surface area contributed by atoms with Gasteiger partial charge in [0.25, 0.3) is 0 Å². The van der Waals surface area contributed by atoms with Gasteiger partial charge in [-0.1, -0.05) is 17.7 Å². The van der Waals surface area contributed by atoms with E-state index in [2.05, 4.69) is 0 Å². The Kier molecular flexibility index (Phi) is 5.80. The highest BCUT2D eigenvalue weighted by Gasteiger charge is 2.15. The van der Waals surface area contributed by atoms with Crippen molar-refractivity contribution in [3.8, 4) is 16.9 Å². The summed E-state index contributed by atoms with van der Waals surface area (Å²) < 4.78 is 19.0. The summed E-state index contributed by atoms with van der Waals surface area (Å²) in [6, 6.07) is 7.55. The van der Waals surface area contributed by atoms with Gasteiger partial charge in [-0.15, -0.1) is 0 Å².